The third-order valence-corrected chi connectivity index (χ3v) is 4.23. The number of hydrogen-bond donors (Lipinski definition) is 2. The average molecular weight is 286 g/mol. The van der Waals surface area contributed by atoms with Crippen molar-refractivity contribution in [2.45, 2.75) is 18.7 Å². The van der Waals surface area contributed by atoms with Gasteiger partial charge in [-0.05, 0) is 31.5 Å². The minimum absolute atomic E-state index is 0.110. The number of sulfonamides is 1. The number of nitrogens with one attached hydrogen (secondary N) is 2. The molecule has 1 aromatic heterocycles. The topological polar surface area (TPSA) is 74.8 Å². The predicted octanol–water partition coefficient (Wildman–Crippen LogP) is 2.48. The Hall–Kier alpha value is -1.53. The van der Waals surface area contributed by atoms with Gasteiger partial charge in [0.25, 0.3) is 10.0 Å². The lowest BCUT2D eigenvalue weighted by Crippen LogP contribution is -2.13. The second kappa shape index (κ2) is 4.62. The Morgan fingerprint density at radius 2 is 2.06 bits per heavy atom. The van der Waals surface area contributed by atoms with Crippen molar-refractivity contribution in [1.29, 1.82) is 0 Å². The third-order valence-electron chi connectivity index (χ3n) is 2.44. The summed E-state index contributed by atoms with van der Waals surface area (Å²) in [6, 6.07) is 5.11. The number of hydrogen-bond acceptors (Lipinski definition) is 3. The highest BCUT2D eigenvalue weighted by molar-refractivity contribution is 7.92. The first kappa shape index (κ1) is 12.9. The van der Waals surface area contributed by atoms with Gasteiger partial charge >= 0.3 is 0 Å². The van der Waals surface area contributed by atoms with Crippen LogP contribution in [0.5, 0.6) is 0 Å². The van der Waals surface area contributed by atoms with E-state index in [-0.39, 0.29) is 4.90 Å². The number of nitrogens with zero attached hydrogens (tertiary/aromatic N) is 1. The number of anilines is 1. The molecule has 2 rings (SSSR count). The zero-order chi connectivity index (χ0) is 13.3. The molecular formula is C11H12ClN3O2S. The summed E-state index contributed by atoms with van der Waals surface area (Å²) in [6.07, 6.45) is 1.26. The van der Waals surface area contributed by atoms with Gasteiger partial charge in [0.1, 0.15) is 4.90 Å². The van der Waals surface area contributed by atoms with Gasteiger partial charge in [0.15, 0.2) is 0 Å². The molecule has 0 spiro atoms. The van der Waals surface area contributed by atoms with Crippen molar-refractivity contribution in [2.75, 3.05) is 4.72 Å². The molecule has 2 N–H and O–H groups in total. The van der Waals surface area contributed by atoms with Crippen LogP contribution >= 0.6 is 11.6 Å². The molecule has 0 atom stereocenters. The zero-order valence-corrected chi connectivity index (χ0v) is 11.4. The molecule has 0 fully saturated rings. The lowest BCUT2D eigenvalue weighted by atomic mass is 10.2. The van der Waals surface area contributed by atoms with Crippen LogP contribution in [0.1, 0.15) is 11.3 Å². The minimum atomic E-state index is -3.66. The maximum absolute atomic E-state index is 12.1. The van der Waals surface area contributed by atoms with Crippen molar-refractivity contribution in [2.24, 2.45) is 0 Å². The molecule has 18 heavy (non-hydrogen) atoms. The molecule has 0 radical (unpaired) electrons. The van der Waals surface area contributed by atoms with Crippen LogP contribution in [0.15, 0.2) is 29.3 Å². The first-order chi connectivity index (χ1) is 8.40. The van der Waals surface area contributed by atoms with E-state index in [0.29, 0.717) is 16.4 Å². The molecule has 2 aromatic rings. The van der Waals surface area contributed by atoms with Gasteiger partial charge in [0.05, 0.1) is 22.6 Å². The summed E-state index contributed by atoms with van der Waals surface area (Å²) in [5.74, 6) is 0. The van der Waals surface area contributed by atoms with Crippen molar-refractivity contribution in [3.63, 3.8) is 0 Å². The molecule has 0 unspecified atom stereocenters. The Balaban J connectivity index is 2.37. The Labute approximate surface area is 110 Å². The molecule has 0 saturated heterocycles. The van der Waals surface area contributed by atoms with Crippen molar-refractivity contribution in [3.05, 3.63) is 40.7 Å². The largest absolute Gasteiger partial charge is 0.281 e. The first-order valence-electron chi connectivity index (χ1n) is 5.19. The molecule has 96 valence electrons. The van der Waals surface area contributed by atoms with E-state index >= 15 is 0 Å². The van der Waals surface area contributed by atoms with E-state index < -0.39 is 10.0 Å². The molecule has 1 aromatic carbocycles. The highest BCUT2D eigenvalue weighted by Gasteiger charge is 2.19. The Morgan fingerprint density at radius 3 is 2.61 bits per heavy atom. The Kier molecular flexibility index (Phi) is 3.32. The summed E-state index contributed by atoms with van der Waals surface area (Å²) in [5.41, 5.74) is 1.79. The van der Waals surface area contributed by atoms with E-state index in [4.69, 9.17) is 11.6 Å². The summed E-state index contributed by atoms with van der Waals surface area (Å²) >= 11 is 5.99. The first-order valence-corrected chi connectivity index (χ1v) is 7.05. The zero-order valence-electron chi connectivity index (χ0n) is 9.86. The molecular weight excluding hydrogens is 274 g/mol. The van der Waals surface area contributed by atoms with E-state index in [9.17, 15) is 8.42 Å². The average Bonchev–Trinajstić information content (AvgIpc) is 2.69. The van der Waals surface area contributed by atoms with E-state index in [2.05, 4.69) is 14.9 Å². The van der Waals surface area contributed by atoms with Crippen LogP contribution in [-0.4, -0.2) is 18.6 Å². The van der Waals surface area contributed by atoms with Gasteiger partial charge in [0.2, 0.25) is 0 Å². The Morgan fingerprint density at radius 1 is 1.33 bits per heavy atom. The molecule has 0 amide bonds. The van der Waals surface area contributed by atoms with Crippen LogP contribution in [-0.2, 0) is 10.0 Å². The van der Waals surface area contributed by atoms with Gasteiger partial charge in [0, 0.05) is 0 Å². The van der Waals surface area contributed by atoms with E-state index in [1.54, 1.807) is 25.1 Å². The maximum atomic E-state index is 12.1. The molecule has 5 nitrogen and oxygen atoms in total. The molecule has 0 aliphatic carbocycles. The standard InChI is InChI=1S/C11H12ClN3O2S/c1-7-3-4-10(9(12)5-7)15-18(16,17)11-6-13-14-8(11)2/h3-6,15H,1-2H3,(H,13,14). The van der Waals surface area contributed by atoms with Crippen LogP contribution < -0.4 is 4.72 Å². The summed E-state index contributed by atoms with van der Waals surface area (Å²) in [6.45, 7) is 3.52. The highest BCUT2D eigenvalue weighted by atomic mass is 35.5. The van der Waals surface area contributed by atoms with Crippen molar-refractivity contribution in [1.82, 2.24) is 10.2 Å². The number of aromatic amines is 1. The lowest BCUT2D eigenvalue weighted by molar-refractivity contribution is 0.600. The predicted molar refractivity (Wildman–Crippen MR) is 70.3 cm³/mol. The number of benzene rings is 1. The number of H-pyrrole nitrogens is 1. The molecule has 0 aliphatic rings. The SMILES string of the molecule is Cc1ccc(NS(=O)(=O)c2cn[nH]c2C)c(Cl)c1. The monoisotopic (exact) mass is 285 g/mol. The van der Waals surface area contributed by atoms with E-state index in [1.807, 2.05) is 6.92 Å². The quantitative estimate of drug-likeness (QED) is 0.910. The summed E-state index contributed by atoms with van der Waals surface area (Å²) in [4.78, 5) is 0.110. The normalized spacial score (nSPS) is 11.5. The second-order valence-electron chi connectivity index (χ2n) is 3.95. The third kappa shape index (κ3) is 2.49. The maximum Gasteiger partial charge on any atom is 0.265 e. The van der Waals surface area contributed by atoms with Crippen molar-refractivity contribution < 1.29 is 8.42 Å². The fraction of sp³-hybridized carbons (Fsp3) is 0.182. The molecule has 0 saturated carbocycles. The minimum Gasteiger partial charge on any atom is -0.281 e. The number of rotatable bonds is 3. The van der Waals surface area contributed by atoms with Gasteiger partial charge < -0.3 is 0 Å². The van der Waals surface area contributed by atoms with Gasteiger partial charge in [-0.1, -0.05) is 17.7 Å². The van der Waals surface area contributed by atoms with E-state index in [0.717, 1.165) is 5.56 Å². The molecule has 0 bridgehead atoms. The summed E-state index contributed by atoms with van der Waals surface area (Å²) in [5, 5.41) is 6.63. The molecule has 0 aliphatic heterocycles. The number of aryl methyl sites for hydroxylation is 2. The Bertz CT molecular complexity index is 679. The lowest BCUT2D eigenvalue weighted by Gasteiger charge is -2.09. The fourth-order valence-electron chi connectivity index (χ4n) is 1.51. The summed E-state index contributed by atoms with van der Waals surface area (Å²) in [7, 11) is -3.66. The van der Waals surface area contributed by atoms with Crippen LogP contribution in [0.25, 0.3) is 0 Å². The number of aromatic nitrogens is 2. The van der Waals surface area contributed by atoms with Gasteiger partial charge in [-0.15, -0.1) is 0 Å². The smallest absolute Gasteiger partial charge is 0.265 e. The molecule has 1 heterocycles. The van der Waals surface area contributed by atoms with Gasteiger partial charge in [-0.25, -0.2) is 8.42 Å². The highest BCUT2D eigenvalue weighted by Crippen LogP contribution is 2.25. The van der Waals surface area contributed by atoms with Gasteiger partial charge in [-0.2, -0.15) is 5.10 Å². The van der Waals surface area contributed by atoms with E-state index in [1.165, 1.54) is 6.20 Å². The van der Waals surface area contributed by atoms with Crippen LogP contribution in [0.2, 0.25) is 5.02 Å². The fourth-order valence-corrected chi connectivity index (χ4v) is 3.07. The van der Waals surface area contributed by atoms with Crippen LogP contribution in [0.4, 0.5) is 5.69 Å². The second-order valence-corrected chi connectivity index (χ2v) is 6.01. The van der Waals surface area contributed by atoms with Gasteiger partial charge in [-0.3, -0.25) is 9.82 Å². The van der Waals surface area contributed by atoms with Crippen LogP contribution in [0.3, 0.4) is 0 Å². The van der Waals surface area contributed by atoms with Crippen LogP contribution in [0, 0.1) is 13.8 Å². The van der Waals surface area contributed by atoms with Crippen molar-refractivity contribution in [3.8, 4) is 0 Å². The molecule has 7 heteroatoms. The summed E-state index contributed by atoms with van der Waals surface area (Å²) < 4.78 is 26.6. The van der Waals surface area contributed by atoms with Crippen molar-refractivity contribution >= 4 is 27.3 Å². The number of halogens is 1.